The number of hydrogen-bond acceptors (Lipinski definition) is 5. The molecule has 0 spiro atoms. The Morgan fingerprint density at radius 1 is 1.16 bits per heavy atom. The molecule has 1 saturated heterocycles. The number of aromatic nitrogens is 2. The zero-order chi connectivity index (χ0) is 17.6. The zero-order valence-electron chi connectivity index (χ0n) is 14.3. The molecular formula is C18H22FN5O. The van der Waals surface area contributed by atoms with Crippen LogP contribution in [0.2, 0.25) is 0 Å². The second kappa shape index (κ2) is 8.02. The van der Waals surface area contributed by atoms with E-state index in [1.807, 2.05) is 4.90 Å². The Balaban J connectivity index is 1.57. The zero-order valence-corrected chi connectivity index (χ0v) is 14.3. The molecule has 0 unspecified atom stereocenters. The largest absolute Gasteiger partial charge is 0.365 e. The summed E-state index contributed by atoms with van der Waals surface area (Å²) in [5.74, 6) is 0.153. The van der Waals surface area contributed by atoms with E-state index < -0.39 is 0 Å². The fourth-order valence-corrected chi connectivity index (χ4v) is 2.79. The molecular weight excluding hydrogens is 321 g/mol. The SMILES string of the molecule is CCN1CCN(C(=O)c2cnc(NCc3ccccc3F)cn2)CC1. The lowest BCUT2D eigenvalue weighted by molar-refractivity contribution is 0.0637. The van der Waals surface area contributed by atoms with E-state index in [1.54, 1.807) is 18.2 Å². The van der Waals surface area contributed by atoms with Crippen LogP contribution in [-0.2, 0) is 6.54 Å². The number of carbonyl (C=O) groups is 1. The summed E-state index contributed by atoms with van der Waals surface area (Å²) in [5.41, 5.74) is 0.889. The second-order valence-electron chi connectivity index (χ2n) is 5.96. The quantitative estimate of drug-likeness (QED) is 0.900. The minimum Gasteiger partial charge on any atom is -0.365 e. The summed E-state index contributed by atoms with van der Waals surface area (Å²) >= 11 is 0. The number of amides is 1. The summed E-state index contributed by atoms with van der Waals surface area (Å²) in [6, 6.07) is 6.57. The highest BCUT2D eigenvalue weighted by atomic mass is 19.1. The van der Waals surface area contributed by atoms with Crippen LogP contribution in [0.3, 0.4) is 0 Å². The summed E-state index contributed by atoms with van der Waals surface area (Å²) in [7, 11) is 0. The lowest BCUT2D eigenvalue weighted by Crippen LogP contribution is -2.48. The Hall–Kier alpha value is -2.54. The van der Waals surface area contributed by atoms with E-state index in [2.05, 4.69) is 27.1 Å². The van der Waals surface area contributed by atoms with Gasteiger partial charge < -0.3 is 15.1 Å². The first kappa shape index (κ1) is 17.3. The van der Waals surface area contributed by atoms with Gasteiger partial charge in [0.1, 0.15) is 17.3 Å². The number of anilines is 1. The molecule has 0 radical (unpaired) electrons. The van der Waals surface area contributed by atoms with E-state index in [4.69, 9.17) is 0 Å². The van der Waals surface area contributed by atoms with E-state index in [1.165, 1.54) is 18.5 Å². The van der Waals surface area contributed by atoms with E-state index >= 15 is 0 Å². The number of rotatable bonds is 5. The van der Waals surface area contributed by atoms with Crippen molar-refractivity contribution in [3.05, 3.63) is 53.7 Å². The second-order valence-corrected chi connectivity index (χ2v) is 5.96. The van der Waals surface area contributed by atoms with Crippen LogP contribution in [0.1, 0.15) is 23.0 Å². The van der Waals surface area contributed by atoms with Crippen molar-refractivity contribution >= 4 is 11.7 Å². The number of piperazine rings is 1. The van der Waals surface area contributed by atoms with Crippen molar-refractivity contribution in [3.63, 3.8) is 0 Å². The van der Waals surface area contributed by atoms with Crippen molar-refractivity contribution in [2.24, 2.45) is 0 Å². The Morgan fingerprint density at radius 2 is 1.92 bits per heavy atom. The lowest BCUT2D eigenvalue weighted by atomic mass is 10.2. The molecule has 0 saturated carbocycles. The predicted molar refractivity (Wildman–Crippen MR) is 93.8 cm³/mol. The van der Waals surface area contributed by atoms with Crippen molar-refractivity contribution in [2.45, 2.75) is 13.5 Å². The summed E-state index contributed by atoms with van der Waals surface area (Å²) in [6.07, 6.45) is 2.98. The first-order valence-corrected chi connectivity index (χ1v) is 8.48. The molecule has 0 atom stereocenters. The summed E-state index contributed by atoms with van der Waals surface area (Å²) in [5, 5.41) is 3.02. The van der Waals surface area contributed by atoms with Crippen molar-refractivity contribution in [1.82, 2.24) is 19.8 Å². The molecule has 1 aliphatic heterocycles. The third kappa shape index (κ3) is 4.30. The van der Waals surface area contributed by atoms with Crippen molar-refractivity contribution < 1.29 is 9.18 Å². The number of nitrogens with zero attached hydrogens (tertiary/aromatic N) is 4. The van der Waals surface area contributed by atoms with E-state index in [9.17, 15) is 9.18 Å². The van der Waals surface area contributed by atoms with Gasteiger partial charge in [-0.2, -0.15) is 0 Å². The molecule has 0 aliphatic carbocycles. The third-order valence-corrected chi connectivity index (χ3v) is 4.40. The van der Waals surface area contributed by atoms with Gasteiger partial charge in [-0.1, -0.05) is 25.1 Å². The monoisotopic (exact) mass is 343 g/mol. The highest BCUT2D eigenvalue weighted by Gasteiger charge is 2.22. The van der Waals surface area contributed by atoms with Gasteiger partial charge in [-0.3, -0.25) is 4.79 Å². The van der Waals surface area contributed by atoms with Gasteiger partial charge in [0.25, 0.3) is 5.91 Å². The van der Waals surface area contributed by atoms with Crippen molar-refractivity contribution in [1.29, 1.82) is 0 Å². The molecule has 2 heterocycles. The van der Waals surface area contributed by atoms with Crippen LogP contribution < -0.4 is 5.32 Å². The molecule has 6 nitrogen and oxygen atoms in total. The summed E-state index contributed by atoms with van der Waals surface area (Å²) < 4.78 is 13.6. The van der Waals surface area contributed by atoms with Crippen molar-refractivity contribution in [3.8, 4) is 0 Å². The first-order chi connectivity index (χ1) is 12.2. The maximum Gasteiger partial charge on any atom is 0.274 e. The number of nitrogens with one attached hydrogen (secondary N) is 1. The van der Waals surface area contributed by atoms with Gasteiger partial charge in [-0.25, -0.2) is 14.4 Å². The number of likely N-dealkylation sites (N-methyl/N-ethyl adjacent to an activating group) is 1. The normalized spacial score (nSPS) is 15.2. The van der Waals surface area contributed by atoms with Gasteiger partial charge in [-0.05, 0) is 12.6 Å². The predicted octanol–water partition coefficient (Wildman–Crippen LogP) is 2.01. The molecule has 1 fully saturated rings. The van der Waals surface area contributed by atoms with E-state index in [0.29, 0.717) is 36.7 Å². The van der Waals surface area contributed by atoms with Crippen LogP contribution in [0.5, 0.6) is 0 Å². The van der Waals surface area contributed by atoms with Gasteiger partial charge in [0, 0.05) is 38.3 Å². The maximum absolute atomic E-state index is 13.6. The van der Waals surface area contributed by atoms with Gasteiger partial charge in [0.15, 0.2) is 0 Å². The molecule has 1 amide bonds. The topological polar surface area (TPSA) is 61.4 Å². The van der Waals surface area contributed by atoms with Crippen molar-refractivity contribution in [2.75, 3.05) is 38.0 Å². The summed E-state index contributed by atoms with van der Waals surface area (Å²) in [4.78, 5) is 25.0. The van der Waals surface area contributed by atoms with Gasteiger partial charge >= 0.3 is 0 Å². The van der Waals surface area contributed by atoms with Crippen LogP contribution in [-0.4, -0.2) is 58.4 Å². The molecule has 1 aliphatic rings. The number of halogens is 1. The number of hydrogen-bond donors (Lipinski definition) is 1. The molecule has 3 rings (SSSR count). The smallest absolute Gasteiger partial charge is 0.274 e. The number of carbonyl (C=O) groups excluding carboxylic acids is 1. The molecule has 1 aromatic heterocycles. The number of benzene rings is 1. The molecule has 1 N–H and O–H groups in total. The Bertz CT molecular complexity index is 714. The van der Waals surface area contributed by atoms with E-state index in [0.717, 1.165) is 19.6 Å². The van der Waals surface area contributed by atoms with Crippen LogP contribution in [0.25, 0.3) is 0 Å². The Morgan fingerprint density at radius 3 is 2.56 bits per heavy atom. The van der Waals surface area contributed by atoms with E-state index in [-0.39, 0.29) is 11.7 Å². The maximum atomic E-state index is 13.6. The Labute approximate surface area is 146 Å². The molecule has 25 heavy (non-hydrogen) atoms. The first-order valence-electron chi connectivity index (χ1n) is 8.48. The van der Waals surface area contributed by atoms with Crippen LogP contribution in [0.15, 0.2) is 36.7 Å². The average molecular weight is 343 g/mol. The van der Waals surface area contributed by atoms with Gasteiger partial charge in [0.2, 0.25) is 0 Å². The van der Waals surface area contributed by atoms with Crippen LogP contribution >= 0.6 is 0 Å². The van der Waals surface area contributed by atoms with Crippen LogP contribution in [0, 0.1) is 5.82 Å². The fraction of sp³-hybridized carbons (Fsp3) is 0.389. The summed E-state index contributed by atoms with van der Waals surface area (Å²) in [6.45, 7) is 6.63. The molecule has 0 bridgehead atoms. The molecule has 132 valence electrons. The fourth-order valence-electron chi connectivity index (χ4n) is 2.79. The molecule has 2 aromatic rings. The standard InChI is InChI=1S/C18H22FN5O/c1-2-23-7-9-24(10-8-23)18(25)16-12-22-17(13-20-16)21-11-14-5-3-4-6-15(14)19/h3-6,12-13H,2,7-11H2,1H3,(H,21,22). The highest BCUT2D eigenvalue weighted by molar-refractivity contribution is 5.92. The minimum atomic E-state index is -0.263. The van der Waals surface area contributed by atoms with Gasteiger partial charge in [-0.15, -0.1) is 0 Å². The van der Waals surface area contributed by atoms with Crippen LogP contribution in [0.4, 0.5) is 10.2 Å². The Kier molecular flexibility index (Phi) is 5.55. The lowest BCUT2D eigenvalue weighted by Gasteiger charge is -2.33. The third-order valence-electron chi connectivity index (χ3n) is 4.40. The van der Waals surface area contributed by atoms with Gasteiger partial charge in [0.05, 0.1) is 12.4 Å². The molecule has 7 heteroatoms. The average Bonchev–Trinajstić information content (AvgIpc) is 2.67. The highest BCUT2D eigenvalue weighted by Crippen LogP contribution is 2.11. The molecule has 1 aromatic carbocycles. The minimum absolute atomic E-state index is 0.0936.